The van der Waals surface area contributed by atoms with E-state index in [1.54, 1.807) is 0 Å². The molecule has 0 bridgehead atoms. The number of esters is 1. The molecule has 30 heavy (non-hydrogen) atoms. The minimum atomic E-state index is -0.0882. The van der Waals surface area contributed by atoms with E-state index in [1.807, 2.05) is 0 Å². The summed E-state index contributed by atoms with van der Waals surface area (Å²) in [4.78, 5) is 25.6. The maximum Gasteiger partial charge on any atom is 0.305 e. The maximum atomic E-state index is 13.9. The molecule has 0 spiro atoms. The number of carbonyl (C=O) groups is 2. The average molecular weight is 417 g/mol. The van der Waals surface area contributed by atoms with E-state index in [9.17, 15) is 9.59 Å². The Kier molecular flexibility index (Phi) is 6.14. The van der Waals surface area contributed by atoms with Gasteiger partial charge in [-0.3, -0.25) is 9.59 Å². The second-order valence-electron chi connectivity index (χ2n) is 11.8. The van der Waals surface area contributed by atoms with E-state index in [1.165, 1.54) is 58.5 Å². The third-order valence-electron chi connectivity index (χ3n) is 10.9. The molecule has 3 nitrogen and oxygen atoms in total. The zero-order valence-electron chi connectivity index (χ0n) is 20.0. The van der Waals surface area contributed by atoms with Crippen LogP contribution in [0, 0.1) is 52.3 Å². The largest absolute Gasteiger partial charge is 0.469 e. The van der Waals surface area contributed by atoms with Crippen LogP contribution in [0.2, 0.25) is 0 Å². The van der Waals surface area contributed by atoms with Crippen molar-refractivity contribution in [1.29, 1.82) is 0 Å². The molecule has 0 heterocycles. The van der Waals surface area contributed by atoms with Crippen molar-refractivity contribution in [2.45, 2.75) is 98.3 Å². The van der Waals surface area contributed by atoms with Gasteiger partial charge in [0.15, 0.2) is 0 Å². The lowest BCUT2D eigenvalue weighted by atomic mass is 9.42. The lowest BCUT2D eigenvalue weighted by Gasteiger charge is -2.62. The first kappa shape index (κ1) is 22.3. The van der Waals surface area contributed by atoms with Crippen LogP contribution in [0.25, 0.3) is 0 Å². The van der Waals surface area contributed by atoms with Crippen molar-refractivity contribution in [1.82, 2.24) is 0 Å². The Bertz CT molecular complexity index is 671. The Balaban J connectivity index is 1.59. The number of hydrogen-bond donors (Lipinski definition) is 0. The molecule has 4 saturated carbocycles. The van der Waals surface area contributed by atoms with Gasteiger partial charge in [0.2, 0.25) is 0 Å². The van der Waals surface area contributed by atoms with Crippen LogP contribution in [-0.2, 0) is 14.3 Å². The minimum Gasteiger partial charge on any atom is -0.469 e. The van der Waals surface area contributed by atoms with Gasteiger partial charge in [-0.1, -0.05) is 40.5 Å². The molecule has 170 valence electrons. The van der Waals surface area contributed by atoms with Crippen molar-refractivity contribution < 1.29 is 14.3 Å². The van der Waals surface area contributed by atoms with Crippen molar-refractivity contribution in [2.75, 3.05) is 7.11 Å². The quantitative estimate of drug-likeness (QED) is 0.484. The van der Waals surface area contributed by atoms with Gasteiger partial charge in [0.1, 0.15) is 5.78 Å². The fourth-order valence-electron chi connectivity index (χ4n) is 9.34. The zero-order chi connectivity index (χ0) is 21.7. The van der Waals surface area contributed by atoms with Gasteiger partial charge >= 0.3 is 5.97 Å². The Hall–Kier alpha value is -0.860. The molecule has 0 aliphatic heterocycles. The Morgan fingerprint density at radius 2 is 1.77 bits per heavy atom. The van der Waals surface area contributed by atoms with E-state index in [2.05, 4.69) is 27.7 Å². The Labute approximate surface area is 184 Å². The van der Waals surface area contributed by atoms with Crippen LogP contribution in [0.4, 0.5) is 0 Å². The molecule has 0 aromatic rings. The summed E-state index contributed by atoms with van der Waals surface area (Å²) in [6.45, 7) is 9.66. The number of Topliss-reactive ketones (excluding diaryl/α,β-unsaturated/α-hetero) is 1. The molecule has 4 aliphatic carbocycles. The molecule has 4 aliphatic rings. The first-order chi connectivity index (χ1) is 14.3. The molecule has 0 N–H and O–H groups in total. The maximum absolute atomic E-state index is 13.9. The van der Waals surface area contributed by atoms with Crippen molar-refractivity contribution >= 4 is 11.8 Å². The van der Waals surface area contributed by atoms with Gasteiger partial charge in [0, 0.05) is 18.3 Å². The van der Waals surface area contributed by atoms with E-state index in [-0.39, 0.29) is 11.4 Å². The normalized spacial score (nSPS) is 46.5. The van der Waals surface area contributed by atoms with Crippen molar-refractivity contribution in [3.8, 4) is 0 Å². The number of ether oxygens (including phenoxy) is 1. The highest BCUT2D eigenvalue weighted by atomic mass is 16.5. The number of hydrogen-bond acceptors (Lipinski definition) is 3. The van der Waals surface area contributed by atoms with E-state index in [4.69, 9.17) is 4.74 Å². The van der Waals surface area contributed by atoms with Gasteiger partial charge < -0.3 is 4.74 Å². The third kappa shape index (κ3) is 3.28. The number of fused-ring (bicyclic) bond motifs is 5. The smallest absolute Gasteiger partial charge is 0.305 e. The van der Waals surface area contributed by atoms with E-state index in [0.29, 0.717) is 59.0 Å². The van der Waals surface area contributed by atoms with Gasteiger partial charge in [-0.15, -0.1) is 0 Å². The van der Waals surface area contributed by atoms with Crippen LogP contribution in [0.15, 0.2) is 0 Å². The zero-order valence-corrected chi connectivity index (χ0v) is 20.0. The standard InChI is InChI=1S/C27H44O3/c1-6-18-20-9-7-8-15-26(20,3)22-14-16-27(4)19(17(2)10-13-23(28)30-5)11-12-21(27)24(22)25(18)29/h17-22,24H,6-16H2,1-5H3/t17-,18?,19-,20+,21+,22+,24+,26+,27-/m1/s1. The van der Waals surface area contributed by atoms with Crippen molar-refractivity contribution in [2.24, 2.45) is 52.3 Å². The fourth-order valence-corrected chi connectivity index (χ4v) is 9.34. The molecule has 0 amide bonds. The summed E-state index contributed by atoms with van der Waals surface area (Å²) in [6, 6.07) is 0. The van der Waals surface area contributed by atoms with Crippen LogP contribution in [0.1, 0.15) is 98.3 Å². The highest BCUT2D eigenvalue weighted by molar-refractivity contribution is 5.86. The number of carbonyl (C=O) groups excluding carboxylic acids is 2. The number of methoxy groups -OCH3 is 1. The summed E-state index contributed by atoms with van der Waals surface area (Å²) < 4.78 is 4.88. The predicted molar refractivity (Wildman–Crippen MR) is 120 cm³/mol. The van der Waals surface area contributed by atoms with Gasteiger partial charge in [-0.25, -0.2) is 0 Å². The van der Waals surface area contributed by atoms with Crippen molar-refractivity contribution in [3.05, 3.63) is 0 Å². The summed E-state index contributed by atoms with van der Waals surface area (Å²) in [5, 5.41) is 0. The summed E-state index contributed by atoms with van der Waals surface area (Å²) >= 11 is 0. The highest BCUT2D eigenvalue weighted by Gasteiger charge is 2.64. The molecule has 9 atom stereocenters. The van der Waals surface area contributed by atoms with Gasteiger partial charge in [0.25, 0.3) is 0 Å². The molecule has 4 fully saturated rings. The van der Waals surface area contributed by atoms with Crippen LogP contribution in [-0.4, -0.2) is 18.9 Å². The lowest BCUT2D eigenvalue weighted by molar-refractivity contribution is -0.168. The number of ketones is 1. The first-order valence-corrected chi connectivity index (χ1v) is 12.9. The van der Waals surface area contributed by atoms with E-state index >= 15 is 0 Å². The van der Waals surface area contributed by atoms with Gasteiger partial charge in [0.05, 0.1) is 7.11 Å². The molecule has 0 saturated heterocycles. The second kappa shape index (κ2) is 8.24. The highest BCUT2D eigenvalue weighted by Crippen LogP contribution is 2.68. The first-order valence-electron chi connectivity index (χ1n) is 12.9. The fraction of sp³-hybridized carbons (Fsp3) is 0.926. The second-order valence-corrected chi connectivity index (χ2v) is 11.8. The summed E-state index contributed by atoms with van der Waals surface area (Å²) in [6.07, 6.45) is 12.7. The lowest BCUT2D eigenvalue weighted by Crippen LogP contribution is -2.59. The molecule has 0 aromatic heterocycles. The third-order valence-corrected chi connectivity index (χ3v) is 10.9. The van der Waals surface area contributed by atoms with Gasteiger partial charge in [-0.2, -0.15) is 0 Å². The average Bonchev–Trinajstić information content (AvgIpc) is 3.09. The molecule has 1 unspecified atom stereocenters. The summed E-state index contributed by atoms with van der Waals surface area (Å²) in [7, 11) is 1.49. The molecule has 0 aromatic carbocycles. The van der Waals surface area contributed by atoms with Crippen LogP contribution in [0.5, 0.6) is 0 Å². The minimum absolute atomic E-state index is 0.0882. The molecular formula is C27H44O3. The molecule has 3 heteroatoms. The van der Waals surface area contributed by atoms with E-state index < -0.39 is 0 Å². The predicted octanol–water partition coefficient (Wildman–Crippen LogP) is 6.44. The van der Waals surface area contributed by atoms with Crippen molar-refractivity contribution in [3.63, 3.8) is 0 Å². The Morgan fingerprint density at radius 3 is 2.47 bits per heavy atom. The molecule has 4 rings (SSSR count). The topological polar surface area (TPSA) is 43.4 Å². The van der Waals surface area contributed by atoms with Crippen LogP contribution in [0.3, 0.4) is 0 Å². The van der Waals surface area contributed by atoms with E-state index in [0.717, 1.165) is 12.8 Å². The summed E-state index contributed by atoms with van der Waals surface area (Å²) in [5.74, 6) is 4.11. The van der Waals surface area contributed by atoms with Gasteiger partial charge in [-0.05, 0) is 91.8 Å². The monoisotopic (exact) mass is 416 g/mol. The Morgan fingerprint density at radius 1 is 1.03 bits per heavy atom. The van der Waals surface area contributed by atoms with Crippen LogP contribution < -0.4 is 0 Å². The van der Waals surface area contributed by atoms with Crippen LogP contribution >= 0.6 is 0 Å². The molecule has 0 radical (unpaired) electrons. The molecular weight excluding hydrogens is 372 g/mol. The summed E-state index contributed by atoms with van der Waals surface area (Å²) in [5.41, 5.74) is 0.649. The SMILES string of the molecule is CCC1C(=O)[C@@H]2[C@H](CC[C@]3(C)[C@@H]([C@H](C)CCC(=O)OC)CC[C@@H]23)[C@@]2(C)CCCC[C@@H]12. The number of rotatable bonds is 5.